The van der Waals surface area contributed by atoms with Crippen LogP contribution in [0.3, 0.4) is 0 Å². The van der Waals surface area contributed by atoms with Crippen molar-refractivity contribution in [2.45, 2.75) is 44.9 Å². The summed E-state index contributed by atoms with van der Waals surface area (Å²) in [6.07, 6.45) is 0.986. The number of rotatable bonds is 3. The first-order chi connectivity index (χ1) is 13.1. The molecule has 0 saturated carbocycles. The van der Waals surface area contributed by atoms with Gasteiger partial charge >= 0.3 is 6.03 Å². The van der Waals surface area contributed by atoms with Crippen LogP contribution in [0, 0.1) is 0 Å². The average Bonchev–Trinajstić information content (AvgIpc) is 2.94. The lowest BCUT2D eigenvalue weighted by molar-refractivity contribution is 0.242. The first-order valence-electron chi connectivity index (χ1n) is 9.81. The van der Waals surface area contributed by atoms with Gasteiger partial charge in [0.2, 0.25) is 0 Å². The van der Waals surface area contributed by atoms with Crippen LogP contribution in [0.15, 0.2) is 54.6 Å². The number of carbonyl (C=O) groups excluding carboxylic acids is 1. The Morgan fingerprint density at radius 3 is 2.56 bits per heavy atom. The molecule has 2 aliphatic rings. The Morgan fingerprint density at radius 2 is 1.78 bits per heavy atom. The minimum atomic E-state index is -0.120. The standard InChI is InChI=1S/C22H28N4O/c1-16(2)26-15-20-12-19(24-22(27)23-18-9-4-3-5-10-18)14-25(20)13-17-8-6-7-11-21(17)26/h3-11,16,19-20H,12-15H2,1-2H3,(H2,23,24,27)/t19-,20-/m0/s1. The van der Waals surface area contributed by atoms with Gasteiger partial charge < -0.3 is 15.5 Å². The zero-order chi connectivity index (χ0) is 18.8. The fourth-order valence-corrected chi connectivity index (χ4v) is 4.30. The summed E-state index contributed by atoms with van der Waals surface area (Å²) in [7, 11) is 0. The Morgan fingerprint density at radius 1 is 1.04 bits per heavy atom. The van der Waals surface area contributed by atoms with Crippen LogP contribution in [0.1, 0.15) is 25.8 Å². The van der Waals surface area contributed by atoms with Crippen LogP contribution < -0.4 is 15.5 Å². The SMILES string of the molecule is CC(C)N1C[C@@H]2C[C@H](NC(=O)Nc3ccccc3)CN2Cc2ccccc21. The third kappa shape index (κ3) is 3.93. The summed E-state index contributed by atoms with van der Waals surface area (Å²) < 4.78 is 0. The zero-order valence-electron chi connectivity index (χ0n) is 16.1. The van der Waals surface area contributed by atoms with E-state index in [0.717, 1.165) is 31.7 Å². The second-order valence-corrected chi connectivity index (χ2v) is 7.86. The van der Waals surface area contributed by atoms with Gasteiger partial charge in [0.1, 0.15) is 0 Å². The van der Waals surface area contributed by atoms with Crippen molar-refractivity contribution in [2.75, 3.05) is 23.3 Å². The number of para-hydroxylation sites is 2. The molecule has 0 aliphatic carbocycles. The van der Waals surface area contributed by atoms with Crippen molar-refractivity contribution in [1.82, 2.24) is 10.2 Å². The van der Waals surface area contributed by atoms with E-state index >= 15 is 0 Å². The molecule has 5 heteroatoms. The molecule has 2 aromatic rings. The molecule has 0 unspecified atom stereocenters. The number of nitrogens with one attached hydrogen (secondary N) is 2. The van der Waals surface area contributed by atoms with Crippen LogP contribution in [0.5, 0.6) is 0 Å². The smallest absolute Gasteiger partial charge is 0.319 e. The Balaban J connectivity index is 1.43. The first kappa shape index (κ1) is 17.9. The second kappa shape index (κ2) is 7.61. The second-order valence-electron chi connectivity index (χ2n) is 7.86. The van der Waals surface area contributed by atoms with Crippen molar-refractivity contribution < 1.29 is 4.79 Å². The van der Waals surface area contributed by atoms with E-state index in [1.807, 2.05) is 30.3 Å². The van der Waals surface area contributed by atoms with Gasteiger partial charge in [0.05, 0.1) is 0 Å². The van der Waals surface area contributed by atoms with Gasteiger partial charge in [-0.25, -0.2) is 4.79 Å². The monoisotopic (exact) mass is 364 g/mol. The number of nitrogens with zero attached hydrogens (tertiary/aromatic N) is 2. The average molecular weight is 364 g/mol. The van der Waals surface area contributed by atoms with Gasteiger partial charge in [0, 0.05) is 49.1 Å². The highest BCUT2D eigenvalue weighted by Crippen LogP contribution is 2.32. The molecule has 2 atom stereocenters. The highest BCUT2D eigenvalue weighted by Gasteiger charge is 2.37. The third-order valence-electron chi connectivity index (χ3n) is 5.60. The molecule has 2 heterocycles. The molecule has 0 bridgehead atoms. The summed E-state index contributed by atoms with van der Waals surface area (Å²) in [6, 6.07) is 19.3. The Labute approximate surface area is 161 Å². The molecule has 0 spiro atoms. The van der Waals surface area contributed by atoms with Gasteiger partial charge in [0.15, 0.2) is 0 Å². The summed E-state index contributed by atoms with van der Waals surface area (Å²) >= 11 is 0. The van der Waals surface area contributed by atoms with Crippen molar-refractivity contribution >= 4 is 17.4 Å². The number of hydrogen-bond donors (Lipinski definition) is 2. The normalized spacial score (nSPS) is 22.1. The molecule has 1 fully saturated rings. The molecule has 1 saturated heterocycles. The third-order valence-corrected chi connectivity index (χ3v) is 5.60. The van der Waals surface area contributed by atoms with E-state index in [4.69, 9.17) is 0 Å². The molecule has 5 nitrogen and oxygen atoms in total. The van der Waals surface area contributed by atoms with Gasteiger partial charge in [0.25, 0.3) is 0 Å². The fourth-order valence-electron chi connectivity index (χ4n) is 4.30. The van der Waals surface area contributed by atoms with Gasteiger partial charge in [-0.05, 0) is 44.0 Å². The predicted molar refractivity (Wildman–Crippen MR) is 110 cm³/mol. The number of anilines is 2. The van der Waals surface area contributed by atoms with E-state index in [1.54, 1.807) is 0 Å². The lowest BCUT2D eigenvalue weighted by Gasteiger charge is -2.31. The van der Waals surface area contributed by atoms with E-state index in [0.29, 0.717) is 12.1 Å². The molecule has 142 valence electrons. The molecule has 2 N–H and O–H groups in total. The number of carbonyl (C=O) groups is 1. The van der Waals surface area contributed by atoms with Crippen LogP contribution >= 0.6 is 0 Å². The largest absolute Gasteiger partial charge is 0.367 e. The number of benzene rings is 2. The number of fused-ring (bicyclic) bond motifs is 2. The maximum Gasteiger partial charge on any atom is 0.319 e. The van der Waals surface area contributed by atoms with E-state index in [1.165, 1.54) is 11.3 Å². The maximum atomic E-state index is 12.4. The topological polar surface area (TPSA) is 47.6 Å². The predicted octanol–water partition coefficient (Wildman–Crippen LogP) is 3.68. The molecule has 2 aliphatic heterocycles. The van der Waals surface area contributed by atoms with Crippen molar-refractivity contribution in [3.05, 3.63) is 60.2 Å². The zero-order valence-corrected chi connectivity index (χ0v) is 16.1. The summed E-state index contributed by atoms with van der Waals surface area (Å²) in [4.78, 5) is 17.4. The van der Waals surface area contributed by atoms with Crippen LogP contribution in [-0.2, 0) is 6.54 Å². The van der Waals surface area contributed by atoms with Gasteiger partial charge in [-0.1, -0.05) is 36.4 Å². The van der Waals surface area contributed by atoms with Gasteiger partial charge in [-0.2, -0.15) is 0 Å². The fraction of sp³-hybridized carbons (Fsp3) is 0.409. The van der Waals surface area contributed by atoms with Crippen molar-refractivity contribution in [3.63, 3.8) is 0 Å². The number of amides is 2. The molecule has 2 aromatic carbocycles. The Hall–Kier alpha value is -2.53. The molecular formula is C22H28N4O. The highest BCUT2D eigenvalue weighted by atomic mass is 16.2. The van der Waals surface area contributed by atoms with Gasteiger partial charge in [-0.3, -0.25) is 4.90 Å². The lowest BCUT2D eigenvalue weighted by Crippen LogP contribution is -2.40. The van der Waals surface area contributed by atoms with Crippen LogP contribution in [0.25, 0.3) is 0 Å². The lowest BCUT2D eigenvalue weighted by atomic mass is 10.1. The van der Waals surface area contributed by atoms with Crippen LogP contribution in [-0.4, -0.2) is 42.1 Å². The summed E-state index contributed by atoms with van der Waals surface area (Å²) in [5.74, 6) is 0. The van der Waals surface area contributed by atoms with Gasteiger partial charge in [-0.15, -0.1) is 0 Å². The molecule has 0 aromatic heterocycles. The van der Waals surface area contributed by atoms with Crippen LogP contribution in [0.2, 0.25) is 0 Å². The van der Waals surface area contributed by atoms with Crippen molar-refractivity contribution in [3.8, 4) is 0 Å². The number of hydrogen-bond acceptors (Lipinski definition) is 3. The van der Waals surface area contributed by atoms with Crippen molar-refractivity contribution in [2.24, 2.45) is 0 Å². The molecule has 0 radical (unpaired) electrons. The molecular weight excluding hydrogens is 336 g/mol. The van der Waals surface area contributed by atoms with E-state index in [2.05, 4.69) is 58.5 Å². The quantitative estimate of drug-likeness (QED) is 0.873. The Kier molecular flexibility index (Phi) is 5.03. The van der Waals surface area contributed by atoms with Crippen LogP contribution in [0.4, 0.5) is 16.2 Å². The molecule has 27 heavy (non-hydrogen) atoms. The van der Waals surface area contributed by atoms with E-state index in [9.17, 15) is 4.79 Å². The summed E-state index contributed by atoms with van der Waals surface area (Å²) in [5, 5.41) is 6.09. The maximum absolute atomic E-state index is 12.4. The van der Waals surface area contributed by atoms with E-state index in [-0.39, 0.29) is 12.1 Å². The minimum absolute atomic E-state index is 0.120. The Bertz CT molecular complexity index is 792. The minimum Gasteiger partial charge on any atom is -0.367 e. The first-order valence-corrected chi connectivity index (χ1v) is 9.81. The summed E-state index contributed by atoms with van der Waals surface area (Å²) in [5.41, 5.74) is 3.55. The van der Waals surface area contributed by atoms with E-state index < -0.39 is 0 Å². The molecule has 2 amide bonds. The summed E-state index contributed by atoms with van der Waals surface area (Å²) in [6.45, 7) is 7.36. The highest BCUT2D eigenvalue weighted by molar-refractivity contribution is 5.89. The number of urea groups is 1. The van der Waals surface area contributed by atoms with Crippen molar-refractivity contribution in [1.29, 1.82) is 0 Å². The molecule has 4 rings (SSSR count).